The number of ether oxygens (including phenoxy) is 1. The van der Waals surface area contributed by atoms with Crippen LogP contribution in [0.5, 0.6) is 0 Å². The van der Waals surface area contributed by atoms with E-state index >= 15 is 0 Å². The summed E-state index contributed by atoms with van der Waals surface area (Å²) >= 11 is 6.30. The quantitative estimate of drug-likeness (QED) is 0.768. The summed E-state index contributed by atoms with van der Waals surface area (Å²) < 4.78 is 4.93. The monoisotopic (exact) mass is 252 g/mol. The van der Waals surface area contributed by atoms with E-state index in [0.717, 1.165) is 22.6 Å². The minimum absolute atomic E-state index is 0.0454. The summed E-state index contributed by atoms with van der Waals surface area (Å²) in [5.41, 5.74) is 2.36. The molecule has 1 fully saturated rings. The highest BCUT2D eigenvalue weighted by Gasteiger charge is 2.40. The summed E-state index contributed by atoms with van der Waals surface area (Å²) in [6.07, 6.45) is 0.952. The molecule has 2 rings (SSSR count). The van der Waals surface area contributed by atoms with Crippen LogP contribution in [0.4, 0.5) is 0 Å². The van der Waals surface area contributed by atoms with Crippen molar-refractivity contribution < 1.29 is 9.53 Å². The fourth-order valence-corrected chi connectivity index (χ4v) is 2.59. The van der Waals surface area contributed by atoms with Crippen LogP contribution in [-0.4, -0.2) is 12.6 Å². The van der Waals surface area contributed by atoms with E-state index in [2.05, 4.69) is 32.9 Å². The van der Waals surface area contributed by atoms with Crippen LogP contribution < -0.4 is 0 Å². The molecule has 1 saturated carbocycles. The lowest BCUT2D eigenvalue weighted by molar-refractivity contribution is -0.129. The van der Waals surface area contributed by atoms with Crippen molar-refractivity contribution in [3.8, 4) is 0 Å². The zero-order chi connectivity index (χ0) is 12.6. The Morgan fingerprint density at radius 3 is 2.65 bits per heavy atom. The fraction of sp³-hybridized carbons (Fsp3) is 0.500. The third-order valence-electron chi connectivity index (χ3n) is 3.19. The maximum absolute atomic E-state index is 10.2. The Balaban J connectivity index is 2.18. The van der Waals surface area contributed by atoms with Crippen LogP contribution in [0.1, 0.15) is 44.2 Å². The summed E-state index contributed by atoms with van der Waals surface area (Å²) in [6, 6.07) is 6.17. The molecule has 2 unspecified atom stereocenters. The van der Waals surface area contributed by atoms with Gasteiger partial charge in [0.1, 0.15) is 6.10 Å². The first-order chi connectivity index (χ1) is 7.93. The first-order valence-corrected chi connectivity index (χ1v) is 6.20. The Hall–Kier alpha value is -1.02. The largest absolute Gasteiger partial charge is 0.464 e. The van der Waals surface area contributed by atoms with Gasteiger partial charge in [-0.05, 0) is 29.0 Å². The van der Waals surface area contributed by atoms with Gasteiger partial charge in [-0.2, -0.15) is 0 Å². The molecule has 17 heavy (non-hydrogen) atoms. The number of carbonyl (C=O) groups is 1. The lowest BCUT2D eigenvalue weighted by Crippen LogP contribution is -2.11. The van der Waals surface area contributed by atoms with Crippen LogP contribution in [0.3, 0.4) is 0 Å². The predicted octanol–water partition coefficient (Wildman–Crippen LogP) is 3.67. The van der Waals surface area contributed by atoms with E-state index in [-0.39, 0.29) is 11.5 Å². The molecule has 0 bridgehead atoms. The van der Waals surface area contributed by atoms with Gasteiger partial charge in [-0.25, -0.2) is 0 Å². The Kier molecular flexibility index (Phi) is 3.17. The van der Waals surface area contributed by atoms with E-state index < -0.39 is 0 Å². The summed E-state index contributed by atoms with van der Waals surface area (Å²) in [4.78, 5) is 10.2. The average molecular weight is 253 g/mol. The highest BCUT2D eigenvalue weighted by molar-refractivity contribution is 6.31. The minimum Gasteiger partial charge on any atom is -0.464 e. The van der Waals surface area contributed by atoms with Crippen molar-refractivity contribution in [1.82, 2.24) is 0 Å². The number of hydrogen-bond acceptors (Lipinski definition) is 2. The number of benzene rings is 1. The molecule has 2 nitrogen and oxygen atoms in total. The second-order valence-electron chi connectivity index (χ2n) is 5.60. The van der Waals surface area contributed by atoms with E-state index in [0.29, 0.717) is 12.4 Å². The maximum atomic E-state index is 10.2. The van der Waals surface area contributed by atoms with Crippen LogP contribution in [-0.2, 0) is 14.9 Å². The molecule has 2 atom stereocenters. The highest BCUT2D eigenvalue weighted by atomic mass is 35.5. The van der Waals surface area contributed by atoms with E-state index in [1.807, 2.05) is 6.07 Å². The van der Waals surface area contributed by atoms with Crippen LogP contribution in [0.2, 0.25) is 5.02 Å². The molecule has 3 heteroatoms. The van der Waals surface area contributed by atoms with Gasteiger partial charge >= 0.3 is 0 Å². The Morgan fingerprint density at radius 1 is 1.41 bits per heavy atom. The average Bonchev–Trinajstić information content (AvgIpc) is 2.95. The highest BCUT2D eigenvalue weighted by Crippen LogP contribution is 2.44. The van der Waals surface area contributed by atoms with Crippen molar-refractivity contribution in [1.29, 1.82) is 0 Å². The fourth-order valence-electron chi connectivity index (χ4n) is 2.11. The molecule has 92 valence electrons. The van der Waals surface area contributed by atoms with Gasteiger partial charge in [0.25, 0.3) is 6.47 Å². The molecule has 0 heterocycles. The van der Waals surface area contributed by atoms with Crippen LogP contribution in [0, 0.1) is 0 Å². The van der Waals surface area contributed by atoms with Gasteiger partial charge in [-0.15, -0.1) is 0 Å². The number of halogens is 1. The van der Waals surface area contributed by atoms with Crippen molar-refractivity contribution in [2.24, 2.45) is 0 Å². The van der Waals surface area contributed by atoms with E-state index in [1.165, 1.54) is 0 Å². The Morgan fingerprint density at radius 2 is 2.12 bits per heavy atom. The third kappa shape index (κ3) is 2.63. The topological polar surface area (TPSA) is 26.3 Å². The summed E-state index contributed by atoms with van der Waals surface area (Å²) in [7, 11) is 0. The molecule has 0 saturated heterocycles. The first-order valence-electron chi connectivity index (χ1n) is 5.82. The normalized spacial score (nSPS) is 23.3. The molecular formula is C14H17ClO2. The molecule has 1 aromatic rings. The van der Waals surface area contributed by atoms with Crippen molar-refractivity contribution in [3.63, 3.8) is 0 Å². The van der Waals surface area contributed by atoms with Crippen LogP contribution in [0.25, 0.3) is 0 Å². The zero-order valence-corrected chi connectivity index (χ0v) is 11.1. The predicted molar refractivity (Wildman–Crippen MR) is 68.4 cm³/mol. The smallest absolute Gasteiger partial charge is 0.293 e. The third-order valence-corrected chi connectivity index (χ3v) is 3.50. The molecule has 0 radical (unpaired) electrons. The zero-order valence-electron chi connectivity index (χ0n) is 10.4. The molecule has 0 amide bonds. The number of rotatable bonds is 3. The van der Waals surface area contributed by atoms with Crippen molar-refractivity contribution in [2.45, 2.75) is 44.6 Å². The van der Waals surface area contributed by atoms with Gasteiger partial charge in [0.15, 0.2) is 0 Å². The van der Waals surface area contributed by atoms with Crippen LogP contribution >= 0.6 is 11.6 Å². The minimum atomic E-state index is 0.0454. The SMILES string of the molecule is CC(C)(C)c1ccc(C2CC2OC=O)cc1Cl. The Labute approximate surface area is 107 Å². The maximum Gasteiger partial charge on any atom is 0.293 e. The van der Waals surface area contributed by atoms with E-state index in [9.17, 15) is 4.79 Å². The van der Waals surface area contributed by atoms with Crippen molar-refractivity contribution in [2.75, 3.05) is 0 Å². The second kappa shape index (κ2) is 4.34. The Bertz CT molecular complexity index is 434. The van der Waals surface area contributed by atoms with Gasteiger partial charge in [0.2, 0.25) is 0 Å². The molecular weight excluding hydrogens is 236 g/mol. The van der Waals surface area contributed by atoms with Crippen molar-refractivity contribution in [3.05, 3.63) is 34.3 Å². The van der Waals surface area contributed by atoms with Crippen LogP contribution in [0.15, 0.2) is 18.2 Å². The first kappa shape index (κ1) is 12.4. The molecule has 0 aliphatic heterocycles. The summed E-state index contributed by atoms with van der Waals surface area (Å²) in [5.74, 6) is 0.326. The molecule has 0 spiro atoms. The van der Waals surface area contributed by atoms with Gasteiger partial charge in [0.05, 0.1) is 0 Å². The van der Waals surface area contributed by atoms with Gasteiger partial charge in [0, 0.05) is 10.9 Å². The number of hydrogen-bond donors (Lipinski definition) is 0. The lowest BCUT2D eigenvalue weighted by Gasteiger charge is -2.21. The van der Waals surface area contributed by atoms with Crippen molar-refractivity contribution >= 4 is 18.1 Å². The second-order valence-corrected chi connectivity index (χ2v) is 6.01. The van der Waals surface area contributed by atoms with Gasteiger partial charge in [-0.1, -0.05) is 44.5 Å². The van der Waals surface area contributed by atoms with Gasteiger partial charge < -0.3 is 4.74 Å². The summed E-state index contributed by atoms with van der Waals surface area (Å²) in [6.45, 7) is 6.95. The summed E-state index contributed by atoms with van der Waals surface area (Å²) in [5, 5.41) is 0.798. The van der Waals surface area contributed by atoms with E-state index in [4.69, 9.17) is 16.3 Å². The van der Waals surface area contributed by atoms with E-state index in [1.54, 1.807) is 0 Å². The molecule has 0 aromatic heterocycles. The standard InChI is InChI=1S/C14H17ClO2/c1-14(2,3)11-5-4-9(6-12(11)15)10-7-13(10)17-8-16/h4-6,8,10,13H,7H2,1-3H3. The number of carbonyl (C=O) groups excluding carboxylic acids is 1. The van der Waals surface area contributed by atoms with Gasteiger partial charge in [-0.3, -0.25) is 4.79 Å². The molecule has 1 aliphatic carbocycles. The lowest BCUT2D eigenvalue weighted by atomic mass is 9.86. The molecule has 0 N–H and O–H groups in total. The molecule has 1 aliphatic rings. The molecule has 1 aromatic carbocycles.